The normalized spacial score (nSPS) is 12.2. The van der Waals surface area contributed by atoms with Gasteiger partial charge in [0.1, 0.15) is 0 Å². The van der Waals surface area contributed by atoms with Crippen molar-refractivity contribution < 1.29 is 9.90 Å². The van der Waals surface area contributed by atoms with E-state index < -0.39 is 5.97 Å². The van der Waals surface area contributed by atoms with E-state index in [1.54, 1.807) is 13.8 Å². The monoisotopic (exact) mass is 126 g/mol. The first kappa shape index (κ1) is 7.95. The molecule has 0 aromatic rings. The van der Waals surface area contributed by atoms with Crippen LogP contribution in [0.5, 0.6) is 0 Å². The Labute approximate surface area is 54.5 Å². The third-order valence-corrected chi connectivity index (χ3v) is 1.22. The number of hydrogen-bond acceptors (Lipinski definition) is 1. The van der Waals surface area contributed by atoms with Gasteiger partial charge in [-0.3, -0.25) is 0 Å². The van der Waals surface area contributed by atoms with E-state index in [4.69, 9.17) is 5.11 Å². The average Bonchev–Trinajstić information content (AvgIpc) is 1.84. The van der Waals surface area contributed by atoms with Crippen LogP contribution in [0.2, 0.25) is 0 Å². The molecule has 0 aliphatic rings. The molecule has 0 aromatic carbocycles. The summed E-state index contributed by atoms with van der Waals surface area (Å²) in [5, 5.41) is 8.38. The Bertz CT molecular complexity index is 166. The fourth-order valence-corrected chi connectivity index (χ4v) is 0.322. The number of carboxylic acids is 1. The maximum Gasteiger partial charge on any atom is 0.331 e. The van der Waals surface area contributed by atoms with Crippen molar-refractivity contribution in [3.05, 3.63) is 23.8 Å². The van der Waals surface area contributed by atoms with Crippen molar-refractivity contribution in [3.63, 3.8) is 0 Å². The van der Waals surface area contributed by atoms with Crippen molar-refractivity contribution in [2.45, 2.75) is 13.8 Å². The van der Waals surface area contributed by atoms with Crippen LogP contribution in [-0.2, 0) is 4.79 Å². The Morgan fingerprint density at radius 1 is 1.56 bits per heavy atom. The van der Waals surface area contributed by atoms with Gasteiger partial charge in [-0.2, -0.15) is 0 Å². The van der Waals surface area contributed by atoms with E-state index in [9.17, 15) is 4.79 Å². The Morgan fingerprint density at radius 3 is 2.11 bits per heavy atom. The quantitative estimate of drug-likeness (QED) is 0.450. The summed E-state index contributed by atoms with van der Waals surface area (Å²) in [4.78, 5) is 10.2. The van der Waals surface area contributed by atoms with E-state index >= 15 is 0 Å². The van der Waals surface area contributed by atoms with Crippen molar-refractivity contribution >= 4 is 5.97 Å². The summed E-state index contributed by atoms with van der Waals surface area (Å²) in [5.74, 6) is -0.882. The van der Waals surface area contributed by atoms with Gasteiger partial charge in [0.25, 0.3) is 0 Å². The molecule has 0 aliphatic carbocycles. The summed E-state index contributed by atoms with van der Waals surface area (Å²) in [5.41, 5.74) is 1.06. The lowest BCUT2D eigenvalue weighted by molar-refractivity contribution is -0.132. The maximum atomic E-state index is 10.2. The van der Waals surface area contributed by atoms with Gasteiger partial charge < -0.3 is 5.11 Å². The Kier molecular flexibility index (Phi) is 2.71. The van der Waals surface area contributed by atoms with Crippen LogP contribution in [0.3, 0.4) is 0 Å². The summed E-state index contributed by atoms with van der Waals surface area (Å²) in [6.45, 7) is 6.72. The molecule has 0 amide bonds. The minimum absolute atomic E-state index is 0.352. The molecule has 2 nitrogen and oxygen atoms in total. The molecule has 0 heterocycles. The molecule has 50 valence electrons. The second-order valence-corrected chi connectivity index (χ2v) is 1.82. The van der Waals surface area contributed by atoms with Crippen molar-refractivity contribution in [2.75, 3.05) is 0 Å². The predicted molar refractivity (Wildman–Crippen MR) is 36.2 cm³/mol. The van der Waals surface area contributed by atoms with Gasteiger partial charge in [0.05, 0.1) is 0 Å². The number of carboxylic acid groups (broad SMARTS) is 1. The average molecular weight is 126 g/mol. The molecule has 0 radical (unpaired) electrons. The van der Waals surface area contributed by atoms with E-state index in [0.29, 0.717) is 11.1 Å². The summed E-state index contributed by atoms with van der Waals surface area (Å²) in [6, 6.07) is 0. The van der Waals surface area contributed by atoms with Crippen LogP contribution < -0.4 is 0 Å². The first-order chi connectivity index (χ1) is 4.09. The van der Waals surface area contributed by atoms with Gasteiger partial charge in [0.2, 0.25) is 0 Å². The zero-order valence-electron chi connectivity index (χ0n) is 5.64. The summed E-state index contributed by atoms with van der Waals surface area (Å²) >= 11 is 0. The number of hydrogen-bond donors (Lipinski definition) is 1. The lowest BCUT2D eigenvalue weighted by Crippen LogP contribution is -1.97. The lowest BCUT2D eigenvalue weighted by Gasteiger charge is -1.94. The fourth-order valence-electron chi connectivity index (χ4n) is 0.322. The van der Waals surface area contributed by atoms with Crippen LogP contribution in [0.4, 0.5) is 0 Å². The molecule has 0 spiro atoms. The van der Waals surface area contributed by atoms with Gasteiger partial charge in [-0.1, -0.05) is 12.7 Å². The highest BCUT2D eigenvalue weighted by Crippen LogP contribution is 2.02. The van der Waals surface area contributed by atoms with Crippen LogP contribution in [0.25, 0.3) is 0 Å². The topological polar surface area (TPSA) is 37.3 Å². The highest BCUT2D eigenvalue weighted by molar-refractivity contribution is 5.87. The van der Waals surface area contributed by atoms with E-state index in [1.165, 1.54) is 6.08 Å². The van der Waals surface area contributed by atoms with Gasteiger partial charge in [-0.15, -0.1) is 0 Å². The summed E-state index contributed by atoms with van der Waals surface area (Å²) < 4.78 is 0. The van der Waals surface area contributed by atoms with Crippen LogP contribution in [0.15, 0.2) is 23.8 Å². The maximum absolute atomic E-state index is 10.2. The zero-order chi connectivity index (χ0) is 7.44. The highest BCUT2D eigenvalue weighted by Gasteiger charge is 2.00. The van der Waals surface area contributed by atoms with Crippen molar-refractivity contribution in [1.82, 2.24) is 0 Å². The molecular formula is C7H10O2. The van der Waals surface area contributed by atoms with Crippen molar-refractivity contribution in [1.29, 1.82) is 0 Å². The smallest absolute Gasteiger partial charge is 0.331 e. The first-order valence-corrected chi connectivity index (χ1v) is 2.62. The largest absolute Gasteiger partial charge is 0.478 e. The second-order valence-electron chi connectivity index (χ2n) is 1.82. The van der Waals surface area contributed by atoms with E-state index in [-0.39, 0.29) is 0 Å². The van der Waals surface area contributed by atoms with Crippen LogP contribution in [-0.4, -0.2) is 11.1 Å². The molecule has 0 saturated carbocycles. The Morgan fingerprint density at radius 2 is 2.00 bits per heavy atom. The first-order valence-electron chi connectivity index (χ1n) is 2.62. The van der Waals surface area contributed by atoms with Gasteiger partial charge in [0.15, 0.2) is 0 Å². The van der Waals surface area contributed by atoms with Crippen LogP contribution in [0.1, 0.15) is 13.8 Å². The molecule has 0 saturated heterocycles. The molecule has 0 bridgehead atoms. The number of allylic oxidation sites excluding steroid dienone is 2. The van der Waals surface area contributed by atoms with Gasteiger partial charge in [0, 0.05) is 5.57 Å². The van der Waals surface area contributed by atoms with Crippen molar-refractivity contribution in [3.8, 4) is 0 Å². The number of rotatable bonds is 2. The molecule has 0 unspecified atom stereocenters. The second kappa shape index (κ2) is 3.07. The Balaban J connectivity index is 4.47. The van der Waals surface area contributed by atoms with E-state index in [0.717, 1.165) is 0 Å². The third-order valence-electron chi connectivity index (χ3n) is 1.22. The van der Waals surface area contributed by atoms with Gasteiger partial charge in [-0.05, 0) is 19.4 Å². The lowest BCUT2D eigenvalue weighted by atomic mass is 10.1. The minimum atomic E-state index is -0.882. The molecular weight excluding hydrogens is 116 g/mol. The minimum Gasteiger partial charge on any atom is -0.478 e. The molecule has 2 heteroatoms. The molecule has 0 rings (SSSR count). The van der Waals surface area contributed by atoms with Gasteiger partial charge in [-0.25, -0.2) is 4.79 Å². The summed E-state index contributed by atoms with van der Waals surface area (Å²) in [6.07, 6.45) is 1.53. The van der Waals surface area contributed by atoms with Crippen LogP contribution >= 0.6 is 0 Å². The van der Waals surface area contributed by atoms with E-state index in [2.05, 4.69) is 6.58 Å². The molecule has 1 N–H and O–H groups in total. The molecule has 0 aromatic heterocycles. The SMILES string of the molecule is C=C/C(C)=C(\C)C(=O)O. The zero-order valence-corrected chi connectivity index (χ0v) is 5.64. The highest BCUT2D eigenvalue weighted by atomic mass is 16.4. The third kappa shape index (κ3) is 2.13. The molecule has 0 fully saturated rings. The van der Waals surface area contributed by atoms with Crippen LogP contribution in [0, 0.1) is 0 Å². The molecule has 0 aliphatic heterocycles. The van der Waals surface area contributed by atoms with E-state index in [1.807, 2.05) is 0 Å². The Hall–Kier alpha value is -1.05. The molecule has 9 heavy (non-hydrogen) atoms. The fraction of sp³-hybridized carbons (Fsp3) is 0.286. The summed E-state index contributed by atoms with van der Waals surface area (Å²) in [7, 11) is 0. The van der Waals surface area contributed by atoms with Gasteiger partial charge >= 0.3 is 5.97 Å². The predicted octanol–water partition coefficient (Wildman–Crippen LogP) is 1.59. The number of aliphatic carboxylic acids is 1. The number of carbonyl (C=O) groups is 1. The standard InChI is InChI=1S/C7H10O2/c1-4-5(2)6(3)7(8)9/h4H,1H2,2-3H3,(H,8,9)/b6-5+. The van der Waals surface area contributed by atoms with Crippen molar-refractivity contribution in [2.24, 2.45) is 0 Å². The molecule has 0 atom stereocenters.